The maximum absolute atomic E-state index is 3.91. The Balaban J connectivity index is 2.14. The molecule has 0 heterocycles. The molecule has 100 valence electrons. The smallest absolute Gasteiger partial charge is 0.0390 e. The first-order valence-corrected chi connectivity index (χ1v) is 6.87. The normalized spacial score (nSPS) is 14.3. The highest BCUT2D eigenvalue weighted by Gasteiger charge is 2.34. The molecule has 1 aliphatic rings. The van der Waals surface area contributed by atoms with Gasteiger partial charge in [-0.25, -0.2) is 0 Å². The molecule has 20 heavy (non-hydrogen) atoms. The Morgan fingerprint density at radius 3 is 2.50 bits per heavy atom. The van der Waals surface area contributed by atoms with Crippen molar-refractivity contribution in [1.29, 1.82) is 0 Å². The third-order valence-corrected chi connectivity index (χ3v) is 4.13. The monoisotopic (exact) mass is 261 g/mol. The van der Waals surface area contributed by atoms with E-state index in [-0.39, 0.29) is 5.41 Å². The van der Waals surface area contributed by atoms with Crippen LogP contribution in [0.15, 0.2) is 67.4 Å². The Kier molecular flexibility index (Phi) is 2.79. The summed E-state index contributed by atoms with van der Waals surface area (Å²) >= 11 is 0. The third kappa shape index (κ3) is 1.78. The molecule has 0 unspecified atom stereocenters. The maximum Gasteiger partial charge on any atom is 0.0390 e. The maximum atomic E-state index is 3.91. The number of hydrogen-bond acceptors (Lipinski definition) is 1. The molecule has 0 saturated carbocycles. The second-order valence-corrected chi connectivity index (χ2v) is 5.79. The van der Waals surface area contributed by atoms with Gasteiger partial charge in [-0.1, -0.05) is 57.3 Å². The van der Waals surface area contributed by atoms with E-state index < -0.39 is 0 Å². The SMILES string of the molecule is C=CC(=C)Nc1ccc2c(c1)-c1ccccc1C2(C)C. The largest absolute Gasteiger partial charge is 0.356 e. The minimum atomic E-state index is 0.0693. The lowest BCUT2D eigenvalue weighted by Crippen LogP contribution is -2.14. The minimum Gasteiger partial charge on any atom is -0.356 e. The van der Waals surface area contributed by atoms with Crippen LogP contribution in [0.3, 0.4) is 0 Å². The van der Waals surface area contributed by atoms with Gasteiger partial charge in [0, 0.05) is 16.8 Å². The summed E-state index contributed by atoms with van der Waals surface area (Å²) in [4.78, 5) is 0. The molecule has 0 aliphatic heterocycles. The molecule has 1 N–H and O–H groups in total. The van der Waals surface area contributed by atoms with Gasteiger partial charge in [0.25, 0.3) is 0 Å². The van der Waals surface area contributed by atoms with E-state index in [1.807, 2.05) is 0 Å². The second kappa shape index (κ2) is 4.38. The van der Waals surface area contributed by atoms with Crippen LogP contribution in [0.1, 0.15) is 25.0 Å². The van der Waals surface area contributed by atoms with E-state index in [9.17, 15) is 0 Å². The van der Waals surface area contributed by atoms with Crippen molar-refractivity contribution >= 4 is 5.69 Å². The van der Waals surface area contributed by atoms with E-state index in [0.717, 1.165) is 11.4 Å². The molecule has 1 nitrogen and oxygen atoms in total. The molecule has 0 bridgehead atoms. The van der Waals surface area contributed by atoms with E-state index >= 15 is 0 Å². The summed E-state index contributed by atoms with van der Waals surface area (Å²) in [5.74, 6) is 0. The molecular formula is C19H19N. The summed E-state index contributed by atoms with van der Waals surface area (Å²) in [6.45, 7) is 12.2. The van der Waals surface area contributed by atoms with Gasteiger partial charge in [-0.05, 0) is 40.5 Å². The van der Waals surface area contributed by atoms with Crippen molar-refractivity contribution in [2.45, 2.75) is 19.3 Å². The van der Waals surface area contributed by atoms with Crippen molar-refractivity contribution in [3.05, 3.63) is 78.5 Å². The Morgan fingerprint density at radius 2 is 1.75 bits per heavy atom. The molecule has 0 fully saturated rings. The van der Waals surface area contributed by atoms with E-state index in [0.29, 0.717) is 0 Å². The van der Waals surface area contributed by atoms with Crippen molar-refractivity contribution < 1.29 is 0 Å². The highest BCUT2D eigenvalue weighted by atomic mass is 14.9. The molecular weight excluding hydrogens is 242 g/mol. The fourth-order valence-electron chi connectivity index (χ4n) is 3.03. The number of anilines is 1. The van der Waals surface area contributed by atoms with E-state index in [2.05, 4.69) is 74.8 Å². The van der Waals surface area contributed by atoms with Crippen molar-refractivity contribution in [3.8, 4) is 11.1 Å². The first-order chi connectivity index (χ1) is 9.54. The molecule has 0 spiro atoms. The average Bonchev–Trinajstić information content (AvgIpc) is 2.68. The first-order valence-electron chi connectivity index (χ1n) is 6.87. The third-order valence-electron chi connectivity index (χ3n) is 4.13. The molecule has 0 atom stereocenters. The van der Waals surface area contributed by atoms with Crippen LogP contribution in [-0.4, -0.2) is 0 Å². The topological polar surface area (TPSA) is 12.0 Å². The number of rotatable bonds is 3. The summed E-state index contributed by atoms with van der Waals surface area (Å²) in [6, 6.07) is 15.2. The number of allylic oxidation sites excluding steroid dienone is 1. The van der Waals surface area contributed by atoms with Crippen LogP contribution in [0.2, 0.25) is 0 Å². The molecule has 0 aromatic heterocycles. The molecule has 1 aliphatic carbocycles. The standard InChI is InChI=1S/C19H19N/c1-5-13(2)20-14-10-11-18-16(12-14)15-8-6-7-9-17(15)19(18,3)4/h5-12,20H,1-2H2,3-4H3. The summed E-state index contributed by atoms with van der Waals surface area (Å²) in [5, 5.41) is 3.27. The predicted octanol–water partition coefficient (Wildman–Crippen LogP) is 5.10. The van der Waals surface area contributed by atoms with Gasteiger partial charge in [-0.2, -0.15) is 0 Å². The fraction of sp³-hybridized carbons (Fsp3) is 0.158. The quantitative estimate of drug-likeness (QED) is 0.757. The summed E-state index contributed by atoms with van der Waals surface area (Å²) in [5.41, 5.74) is 7.37. The van der Waals surface area contributed by atoms with Gasteiger partial charge >= 0.3 is 0 Å². The van der Waals surface area contributed by atoms with Gasteiger partial charge < -0.3 is 5.32 Å². The number of nitrogens with one attached hydrogen (secondary N) is 1. The first kappa shape index (κ1) is 12.7. The van der Waals surface area contributed by atoms with Crippen LogP contribution < -0.4 is 5.32 Å². The van der Waals surface area contributed by atoms with Gasteiger partial charge in [0.1, 0.15) is 0 Å². The van der Waals surface area contributed by atoms with E-state index in [4.69, 9.17) is 0 Å². The van der Waals surface area contributed by atoms with Crippen molar-refractivity contribution in [2.24, 2.45) is 0 Å². The van der Waals surface area contributed by atoms with Crippen LogP contribution in [0, 0.1) is 0 Å². The zero-order valence-corrected chi connectivity index (χ0v) is 12.0. The second-order valence-electron chi connectivity index (χ2n) is 5.79. The molecule has 0 amide bonds. The fourth-order valence-corrected chi connectivity index (χ4v) is 3.03. The van der Waals surface area contributed by atoms with E-state index in [1.54, 1.807) is 6.08 Å². The highest BCUT2D eigenvalue weighted by molar-refractivity contribution is 5.83. The Labute approximate surface area is 120 Å². The van der Waals surface area contributed by atoms with Gasteiger partial charge in [0.2, 0.25) is 0 Å². The van der Waals surface area contributed by atoms with Crippen molar-refractivity contribution in [1.82, 2.24) is 0 Å². The van der Waals surface area contributed by atoms with Crippen molar-refractivity contribution in [3.63, 3.8) is 0 Å². The lowest BCUT2D eigenvalue weighted by molar-refractivity contribution is 0.660. The summed E-state index contributed by atoms with van der Waals surface area (Å²) in [7, 11) is 0. The summed E-state index contributed by atoms with van der Waals surface area (Å²) in [6.07, 6.45) is 1.73. The average molecular weight is 261 g/mol. The van der Waals surface area contributed by atoms with Crippen LogP contribution in [0.4, 0.5) is 5.69 Å². The lowest BCUT2D eigenvalue weighted by atomic mass is 9.82. The van der Waals surface area contributed by atoms with Gasteiger partial charge in [0.15, 0.2) is 0 Å². The Hall–Kier alpha value is -2.28. The molecule has 3 rings (SSSR count). The molecule has 2 aromatic carbocycles. The van der Waals surface area contributed by atoms with Crippen LogP contribution >= 0.6 is 0 Å². The number of fused-ring (bicyclic) bond motifs is 3. The van der Waals surface area contributed by atoms with Gasteiger partial charge in [-0.15, -0.1) is 0 Å². The molecule has 0 saturated heterocycles. The molecule has 0 radical (unpaired) electrons. The van der Waals surface area contributed by atoms with Gasteiger partial charge in [-0.3, -0.25) is 0 Å². The van der Waals surface area contributed by atoms with Crippen molar-refractivity contribution in [2.75, 3.05) is 5.32 Å². The highest BCUT2D eigenvalue weighted by Crippen LogP contribution is 2.49. The Morgan fingerprint density at radius 1 is 1.05 bits per heavy atom. The van der Waals surface area contributed by atoms with Gasteiger partial charge in [0.05, 0.1) is 0 Å². The molecule has 2 aromatic rings. The number of hydrogen-bond donors (Lipinski definition) is 1. The zero-order valence-electron chi connectivity index (χ0n) is 12.0. The molecule has 1 heteroatoms. The summed E-state index contributed by atoms with van der Waals surface area (Å²) < 4.78 is 0. The van der Waals surface area contributed by atoms with Crippen LogP contribution in [0.25, 0.3) is 11.1 Å². The van der Waals surface area contributed by atoms with E-state index in [1.165, 1.54) is 22.3 Å². The predicted molar refractivity (Wildman–Crippen MR) is 87.0 cm³/mol. The minimum absolute atomic E-state index is 0.0693. The number of benzene rings is 2. The Bertz CT molecular complexity index is 707. The van der Waals surface area contributed by atoms with Crippen LogP contribution in [-0.2, 0) is 5.41 Å². The lowest BCUT2D eigenvalue weighted by Gasteiger charge is -2.21. The van der Waals surface area contributed by atoms with Crippen LogP contribution in [0.5, 0.6) is 0 Å². The zero-order chi connectivity index (χ0) is 14.3.